The third-order valence-electron chi connectivity index (χ3n) is 3.11. The van der Waals surface area contributed by atoms with Gasteiger partial charge in [-0.1, -0.05) is 12.1 Å². The van der Waals surface area contributed by atoms with Crippen molar-refractivity contribution in [3.8, 4) is 11.8 Å². The van der Waals surface area contributed by atoms with Crippen molar-refractivity contribution in [2.45, 2.75) is 0 Å². The van der Waals surface area contributed by atoms with Crippen LogP contribution >= 0.6 is 0 Å². The summed E-state index contributed by atoms with van der Waals surface area (Å²) in [5.74, 6) is 1.19. The van der Waals surface area contributed by atoms with Gasteiger partial charge in [0.1, 0.15) is 11.8 Å². The minimum atomic E-state index is 0.187. The molecule has 6 nitrogen and oxygen atoms in total. The van der Waals surface area contributed by atoms with E-state index in [2.05, 4.69) is 20.5 Å². The van der Waals surface area contributed by atoms with E-state index < -0.39 is 0 Å². The first-order valence-electron chi connectivity index (χ1n) is 6.63. The fraction of sp³-hybridized carbons (Fsp3) is 0.0625. The van der Waals surface area contributed by atoms with Crippen LogP contribution in [0.25, 0.3) is 11.0 Å². The van der Waals surface area contributed by atoms with Crippen LogP contribution in [-0.4, -0.2) is 22.8 Å². The van der Waals surface area contributed by atoms with Crippen molar-refractivity contribution < 1.29 is 4.74 Å². The number of aromatic nitrogens is 2. The van der Waals surface area contributed by atoms with E-state index in [1.54, 1.807) is 7.11 Å². The fourth-order valence-corrected chi connectivity index (χ4v) is 1.98. The fourth-order valence-electron chi connectivity index (χ4n) is 1.98. The van der Waals surface area contributed by atoms with E-state index in [1.807, 2.05) is 54.6 Å². The van der Waals surface area contributed by atoms with Crippen LogP contribution in [0.1, 0.15) is 5.82 Å². The lowest BCUT2D eigenvalue weighted by molar-refractivity contribution is 0.415. The highest BCUT2D eigenvalue weighted by atomic mass is 16.5. The van der Waals surface area contributed by atoms with Crippen molar-refractivity contribution in [1.29, 1.82) is 5.26 Å². The summed E-state index contributed by atoms with van der Waals surface area (Å²) in [5, 5.41) is 13.4. The Balaban J connectivity index is 1.84. The number of H-pyrrole nitrogens is 1. The average Bonchev–Trinajstić information content (AvgIpc) is 3.00. The molecular formula is C16H13N5O. The molecule has 0 aliphatic heterocycles. The van der Waals surface area contributed by atoms with Gasteiger partial charge >= 0.3 is 0 Å². The lowest BCUT2D eigenvalue weighted by Crippen LogP contribution is -2.03. The van der Waals surface area contributed by atoms with E-state index in [0.717, 1.165) is 22.5 Å². The first kappa shape index (κ1) is 13.6. The lowest BCUT2D eigenvalue weighted by Gasteiger charge is -2.02. The number of methoxy groups -OCH3 is 1. The van der Waals surface area contributed by atoms with Gasteiger partial charge in [-0.25, -0.2) is 4.98 Å². The highest BCUT2D eigenvalue weighted by Gasteiger charge is 2.08. The number of ether oxygens (including phenoxy) is 1. The molecule has 2 N–H and O–H groups in total. The number of hydrogen-bond acceptors (Lipinski definition) is 5. The summed E-state index contributed by atoms with van der Waals surface area (Å²) in [6, 6.07) is 16.9. The zero-order valence-electron chi connectivity index (χ0n) is 11.9. The SMILES string of the molecule is COc1ccc(NN=C(C#N)c2nc3ccccc3[nH]2)cc1. The van der Waals surface area contributed by atoms with Crippen LogP contribution in [0.2, 0.25) is 0 Å². The van der Waals surface area contributed by atoms with E-state index in [0.29, 0.717) is 5.82 Å². The smallest absolute Gasteiger partial charge is 0.203 e. The van der Waals surface area contributed by atoms with E-state index in [-0.39, 0.29) is 5.71 Å². The van der Waals surface area contributed by atoms with Gasteiger partial charge in [0.15, 0.2) is 5.82 Å². The number of hydrogen-bond donors (Lipinski definition) is 2. The molecule has 6 heteroatoms. The highest BCUT2D eigenvalue weighted by molar-refractivity contribution is 6.10. The molecule has 22 heavy (non-hydrogen) atoms. The van der Waals surface area contributed by atoms with Gasteiger partial charge in [0.2, 0.25) is 5.71 Å². The molecule has 108 valence electrons. The Kier molecular flexibility index (Phi) is 3.70. The molecule has 3 rings (SSSR count). The summed E-state index contributed by atoms with van der Waals surface area (Å²) >= 11 is 0. The van der Waals surface area contributed by atoms with Gasteiger partial charge in [-0.15, -0.1) is 0 Å². The number of anilines is 1. The number of nitriles is 1. The van der Waals surface area contributed by atoms with Gasteiger partial charge in [-0.05, 0) is 36.4 Å². The maximum atomic E-state index is 9.26. The summed E-state index contributed by atoms with van der Waals surface area (Å²) < 4.78 is 5.09. The lowest BCUT2D eigenvalue weighted by atomic mass is 10.3. The minimum absolute atomic E-state index is 0.187. The van der Waals surface area contributed by atoms with Crippen LogP contribution < -0.4 is 10.2 Å². The molecule has 0 amide bonds. The second kappa shape index (κ2) is 5.97. The van der Waals surface area contributed by atoms with Crippen molar-refractivity contribution in [2.75, 3.05) is 12.5 Å². The molecule has 0 bridgehead atoms. The number of para-hydroxylation sites is 2. The normalized spacial score (nSPS) is 11.2. The Labute approximate surface area is 127 Å². The first-order chi connectivity index (χ1) is 10.8. The van der Waals surface area contributed by atoms with Crippen molar-refractivity contribution in [3.05, 3.63) is 54.4 Å². The molecule has 2 aromatic carbocycles. The molecule has 0 aliphatic rings. The van der Waals surface area contributed by atoms with Gasteiger partial charge < -0.3 is 9.72 Å². The number of hydrazone groups is 1. The summed E-state index contributed by atoms with van der Waals surface area (Å²) in [6.07, 6.45) is 0. The zero-order valence-corrected chi connectivity index (χ0v) is 11.9. The Morgan fingerprint density at radius 1 is 1.23 bits per heavy atom. The average molecular weight is 291 g/mol. The first-order valence-corrected chi connectivity index (χ1v) is 6.63. The predicted octanol–water partition coefficient (Wildman–Crippen LogP) is 2.91. The standard InChI is InChI=1S/C16H13N5O/c1-22-12-8-6-11(7-9-12)20-21-15(10-17)16-18-13-4-2-3-5-14(13)19-16/h2-9,20H,1H3,(H,18,19). The molecule has 0 spiro atoms. The molecule has 0 unspecified atom stereocenters. The quantitative estimate of drug-likeness (QED) is 0.571. The number of fused-ring (bicyclic) bond motifs is 1. The maximum absolute atomic E-state index is 9.26. The van der Waals surface area contributed by atoms with Crippen molar-refractivity contribution in [3.63, 3.8) is 0 Å². The molecular weight excluding hydrogens is 278 g/mol. The maximum Gasteiger partial charge on any atom is 0.203 e. The number of rotatable bonds is 4. The van der Waals surface area contributed by atoms with Crippen LogP contribution in [0.5, 0.6) is 5.75 Å². The van der Waals surface area contributed by atoms with E-state index in [4.69, 9.17) is 4.74 Å². The van der Waals surface area contributed by atoms with Crippen LogP contribution in [0.15, 0.2) is 53.6 Å². The van der Waals surface area contributed by atoms with Crippen LogP contribution in [0.4, 0.5) is 5.69 Å². The molecule has 0 fully saturated rings. The Morgan fingerprint density at radius 3 is 2.68 bits per heavy atom. The van der Waals surface area contributed by atoms with E-state index >= 15 is 0 Å². The molecule has 3 aromatic rings. The summed E-state index contributed by atoms with van der Waals surface area (Å²) in [6.45, 7) is 0. The summed E-state index contributed by atoms with van der Waals surface area (Å²) in [4.78, 5) is 7.43. The number of nitrogens with one attached hydrogen (secondary N) is 2. The third kappa shape index (κ3) is 2.74. The largest absolute Gasteiger partial charge is 0.497 e. The van der Waals surface area contributed by atoms with E-state index in [9.17, 15) is 5.26 Å². The van der Waals surface area contributed by atoms with Crippen LogP contribution in [0, 0.1) is 11.3 Å². The Bertz CT molecular complexity index is 825. The second-order valence-electron chi connectivity index (χ2n) is 4.52. The molecule has 0 saturated heterocycles. The molecule has 0 aliphatic carbocycles. The van der Waals surface area contributed by atoms with Crippen molar-refractivity contribution in [1.82, 2.24) is 9.97 Å². The van der Waals surface area contributed by atoms with Gasteiger partial charge in [-0.2, -0.15) is 10.4 Å². The van der Waals surface area contributed by atoms with E-state index in [1.165, 1.54) is 0 Å². The van der Waals surface area contributed by atoms with Gasteiger partial charge in [0.05, 0.1) is 23.8 Å². The van der Waals surface area contributed by atoms with Gasteiger partial charge in [0.25, 0.3) is 0 Å². The molecule has 1 aromatic heterocycles. The second-order valence-corrected chi connectivity index (χ2v) is 4.52. The monoisotopic (exact) mass is 291 g/mol. The summed E-state index contributed by atoms with van der Waals surface area (Å²) in [5.41, 5.74) is 5.44. The number of benzene rings is 2. The molecule has 0 saturated carbocycles. The Morgan fingerprint density at radius 2 is 2.00 bits per heavy atom. The molecule has 1 heterocycles. The molecule has 0 atom stereocenters. The predicted molar refractivity (Wildman–Crippen MR) is 84.9 cm³/mol. The number of aromatic amines is 1. The third-order valence-corrected chi connectivity index (χ3v) is 3.11. The zero-order chi connectivity index (χ0) is 15.4. The Hall–Kier alpha value is -3.33. The number of nitrogens with zero attached hydrogens (tertiary/aromatic N) is 3. The summed E-state index contributed by atoms with van der Waals surface area (Å²) in [7, 11) is 1.61. The van der Waals surface area contributed by atoms with Crippen LogP contribution in [0.3, 0.4) is 0 Å². The van der Waals surface area contributed by atoms with Gasteiger partial charge in [-0.3, -0.25) is 5.43 Å². The topological polar surface area (TPSA) is 86.1 Å². The van der Waals surface area contributed by atoms with Crippen molar-refractivity contribution >= 4 is 22.4 Å². The van der Waals surface area contributed by atoms with Gasteiger partial charge in [0, 0.05) is 0 Å². The minimum Gasteiger partial charge on any atom is -0.497 e. The molecule has 0 radical (unpaired) electrons. The van der Waals surface area contributed by atoms with Crippen molar-refractivity contribution in [2.24, 2.45) is 5.10 Å². The van der Waals surface area contributed by atoms with Crippen LogP contribution in [-0.2, 0) is 0 Å². The highest BCUT2D eigenvalue weighted by Crippen LogP contribution is 2.15. The number of imidazole rings is 1.